The summed E-state index contributed by atoms with van der Waals surface area (Å²) in [4.78, 5) is 5.09. The van der Waals surface area contributed by atoms with Crippen molar-refractivity contribution in [3.05, 3.63) is 80.1 Å². The van der Waals surface area contributed by atoms with Crippen LogP contribution in [0.15, 0.2) is 51.9 Å². The lowest BCUT2D eigenvalue weighted by Crippen LogP contribution is -2.04. The predicted molar refractivity (Wildman–Crippen MR) is 118 cm³/mol. The third-order valence-corrected chi connectivity index (χ3v) is 5.40. The van der Waals surface area contributed by atoms with Crippen LogP contribution in [0.2, 0.25) is 0 Å². The monoisotopic (exact) mass is 485 g/mol. The van der Waals surface area contributed by atoms with Crippen molar-refractivity contribution in [2.75, 3.05) is 0 Å². The molecule has 4 heteroatoms. The molecule has 1 aromatic heterocycles. The fourth-order valence-electron chi connectivity index (χ4n) is 3.79. The maximum absolute atomic E-state index is 13.6. The second-order valence-corrected chi connectivity index (χ2v) is 9.82. The number of hydrogen-bond donors (Lipinski definition) is 0. The molecule has 0 radical (unpaired) electrons. The molecule has 0 saturated heterocycles. The second kappa shape index (κ2) is 7.33. The molecule has 0 amide bonds. The number of hydrogen-bond acceptors (Lipinski definition) is 1. The van der Waals surface area contributed by atoms with Crippen molar-refractivity contribution < 1.29 is 4.39 Å². The van der Waals surface area contributed by atoms with Gasteiger partial charge in [-0.25, -0.2) is 4.39 Å². The summed E-state index contributed by atoms with van der Waals surface area (Å²) >= 11 is 7.02. The Bertz CT molecular complexity index is 1050. The molecule has 0 saturated carbocycles. The number of nitrogens with zero attached hydrogens (tertiary/aromatic N) is 1. The first-order valence-electron chi connectivity index (χ1n) is 8.89. The van der Waals surface area contributed by atoms with Gasteiger partial charge in [-0.05, 0) is 78.2 Å². The first-order valence-corrected chi connectivity index (χ1v) is 10.5. The van der Waals surface area contributed by atoms with Gasteiger partial charge in [0.2, 0.25) is 0 Å². The van der Waals surface area contributed by atoms with E-state index in [-0.39, 0.29) is 11.7 Å². The lowest BCUT2D eigenvalue weighted by atomic mass is 9.89. The van der Waals surface area contributed by atoms with Crippen LogP contribution in [0.3, 0.4) is 0 Å². The minimum Gasteiger partial charge on any atom is -0.252 e. The average molecular weight is 487 g/mol. The van der Waals surface area contributed by atoms with Gasteiger partial charge < -0.3 is 0 Å². The Morgan fingerprint density at radius 3 is 2.44 bits per heavy atom. The molecular formula is C23H18Br2FN. The van der Waals surface area contributed by atoms with E-state index < -0.39 is 0 Å². The van der Waals surface area contributed by atoms with Gasteiger partial charge in [-0.15, -0.1) is 0 Å². The number of rotatable bonds is 3. The molecule has 1 nitrogen and oxygen atoms in total. The van der Waals surface area contributed by atoms with E-state index in [0.717, 1.165) is 37.9 Å². The zero-order valence-electron chi connectivity index (χ0n) is 15.1. The number of fused-ring (bicyclic) bond motifs is 3. The average Bonchev–Trinajstić information content (AvgIpc) is 2.99. The Labute approximate surface area is 175 Å². The summed E-state index contributed by atoms with van der Waals surface area (Å²) in [6.45, 7) is 4.31. The second-order valence-electron chi connectivity index (χ2n) is 7.04. The van der Waals surface area contributed by atoms with Crippen LogP contribution < -0.4 is 0 Å². The highest BCUT2D eigenvalue weighted by Gasteiger charge is 2.27. The first-order chi connectivity index (χ1) is 13.0. The summed E-state index contributed by atoms with van der Waals surface area (Å²) in [5.41, 5.74) is 9.01. The normalized spacial score (nSPS) is 12.1. The SMILES string of the molecule is CC(C)c1nc2c(c(-c3ccc(F)cc3)c1C=C(Br)Br)Cc1ccccc1-2. The zero-order valence-corrected chi connectivity index (χ0v) is 18.2. The van der Waals surface area contributed by atoms with Crippen molar-refractivity contribution in [3.63, 3.8) is 0 Å². The maximum Gasteiger partial charge on any atom is 0.123 e. The highest BCUT2D eigenvalue weighted by atomic mass is 79.9. The van der Waals surface area contributed by atoms with Crippen molar-refractivity contribution in [2.45, 2.75) is 26.2 Å². The lowest BCUT2D eigenvalue weighted by molar-refractivity contribution is 0.628. The van der Waals surface area contributed by atoms with E-state index in [1.165, 1.54) is 28.8 Å². The molecule has 3 aromatic rings. The van der Waals surface area contributed by atoms with Crippen molar-refractivity contribution >= 4 is 37.9 Å². The molecule has 2 aromatic carbocycles. The summed E-state index contributed by atoms with van der Waals surface area (Å²) in [7, 11) is 0. The van der Waals surface area contributed by atoms with Gasteiger partial charge in [0.15, 0.2) is 0 Å². The summed E-state index contributed by atoms with van der Waals surface area (Å²) in [6, 6.07) is 15.2. The fraction of sp³-hybridized carbons (Fsp3) is 0.174. The van der Waals surface area contributed by atoms with Crippen molar-refractivity contribution in [3.8, 4) is 22.4 Å². The van der Waals surface area contributed by atoms with Gasteiger partial charge in [0.1, 0.15) is 5.82 Å². The van der Waals surface area contributed by atoms with Crippen molar-refractivity contribution in [1.82, 2.24) is 4.98 Å². The number of pyridine rings is 1. The Morgan fingerprint density at radius 2 is 1.78 bits per heavy atom. The van der Waals surface area contributed by atoms with E-state index in [1.54, 1.807) is 0 Å². The Balaban J connectivity index is 2.09. The van der Waals surface area contributed by atoms with E-state index in [1.807, 2.05) is 12.1 Å². The number of halogens is 3. The molecular weight excluding hydrogens is 469 g/mol. The summed E-state index contributed by atoms with van der Waals surface area (Å²) in [5.74, 6) is 0.0310. The highest BCUT2D eigenvalue weighted by Crippen LogP contribution is 2.45. The first kappa shape index (κ1) is 18.6. The molecule has 0 unspecified atom stereocenters. The molecule has 0 N–H and O–H groups in total. The van der Waals surface area contributed by atoms with Gasteiger partial charge in [0, 0.05) is 17.5 Å². The smallest absolute Gasteiger partial charge is 0.123 e. The predicted octanol–water partition coefficient (Wildman–Crippen LogP) is 7.67. The van der Waals surface area contributed by atoms with Gasteiger partial charge in [0.25, 0.3) is 0 Å². The van der Waals surface area contributed by atoms with Gasteiger partial charge in [-0.1, -0.05) is 50.2 Å². The van der Waals surface area contributed by atoms with E-state index in [0.29, 0.717) is 0 Å². The number of aromatic nitrogens is 1. The fourth-order valence-corrected chi connectivity index (χ4v) is 4.25. The molecule has 0 aliphatic heterocycles. The molecule has 1 aliphatic rings. The Morgan fingerprint density at radius 1 is 1.07 bits per heavy atom. The van der Waals surface area contributed by atoms with Gasteiger partial charge in [-0.3, -0.25) is 4.98 Å². The topological polar surface area (TPSA) is 12.9 Å². The molecule has 136 valence electrons. The lowest BCUT2D eigenvalue weighted by Gasteiger charge is -2.19. The third kappa shape index (κ3) is 3.41. The quantitative estimate of drug-likeness (QED) is 0.289. The molecule has 0 spiro atoms. The zero-order chi connectivity index (χ0) is 19.1. The van der Waals surface area contributed by atoms with Crippen molar-refractivity contribution in [1.29, 1.82) is 0 Å². The molecule has 0 fully saturated rings. The summed E-state index contributed by atoms with van der Waals surface area (Å²) < 4.78 is 14.4. The standard InChI is InChI=1S/C23H18Br2FN/c1-13(2)22-19(12-20(24)25)21(14-7-9-16(26)10-8-14)18-11-15-5-3-4-6-17(15)23(18)27-22/h3-10,12-13H,11H2,1-2H3. The van der Waals surface area contributed by atoms with E-state index in [4.69, 9.17) is 4.98 Å². The van der Waals surface area contributed by atoms with Crippen LogP contribution in [0, 0.1) is 5.82 Å². The van der Waals surface area contributed by atoms with E-state index in [9.17, 15) is 4.39 Å². The van der Waals surface area contributed by atoms with Crippen LogP contribution in [0.5, 0.6) is 0 Å². The Kier molecular flexibility index (Phi) is 5.04. The minimum atomic E-state index is -0.226. The third-order valence-electron chi connectivity index (χ3n) is 4.94. The maximum atomic E-state index is 13.6. The molecule has 27 heavy (non-hydrogen) atoms. The molecule has 4 rings (SSSR count). The summed E-state index contributed by atoms with van der Waals surface area (Å²) in [5, 5.41) is 0. The van der Waals surface area contributed by atoms with E-state index in [2.05, 4.69) is 76.0 Å². The van der Waals surface area contributed by atoms with Crippen LogP contribution in [0.4, 0.5) is 4.39 Å². The van der Waals surface area contributed by atoms with Crippen molar-refractivity contribution in [2.24, 2.45) is 0 Å². The van der Waals surface area contributed by atoms with Gasteiger partial charge in [0.05, 0.1) is 14.8 Å². The van der Waals surface area contributed by atoms with E-state index >= 15 is 0 Å². The summed E-state index contributed by atoms with van der Waals surface area (Å²) in [6.07, 6.45) is 2.90. The van der Waals surface area contributed by atoms with Crippen LogP contribution in [0.1, 0.15) is 42.1 Å². The molecule has 0 atom stereocenters. The van der Waals surface area contributed by atoms with Gasteiger partial charge in [-0.2, -0.15) is 0 Å². The molecule has 1 heterocycles. The highest BCUT2D eigenvalue weighted by molar-refractivity contribution is 9.28. The number of benzene rings is 2. The minimum absolute atomic E-state index is 0.226. The molecule has 1 aliphatic carbocycles. The Hall–Kier alpha value is -1.78. The van der Waals surface area contributed by atoms with Crippen LogP contribution in [-0.4, -0.2) is 4.98 Å². The molecule has 0 bridgehead atoms. The van der Waals surface area contributed by atoms with Crippen LogP contribution in [-0.2, 0) is 6.42 Å². The van der Waals surface area contributed by atoms with Crippen LogP contribution in [0.25, 0.3) is 28.5 Å². The van der Waals surface area contributed by atoms with Crippen LogP contribution >= 0.6 is 31.9 Å². The van der Waals surface area contributed by atoms with Gasteiger partial charge >= 0.3 is 0 Å². The largest absolute Gasteiger partial charge is 0.252 e.